The number of hydrogen-bond donors (Lipinski definition) is 2. The number of methoxy groups -OCH3 is 1. The molecule has 1 saturated carbocycles. The van der Waals surface area contributed by atoms with Crippen molar-refractivity contribution in [2.24, 2.45) is 10.7 Å². The standard InChI is InChI=1S/C12H18N4O/c1-17-11-4-2-3-9(15-11)7-8-14-12(13)16-10-5-6-10/h2-4,10H,5-8H2,1H3,(H3,13,14,16). The number of ether oxygens (including phenoxy) is 1. The lowest BCUT2D eigenvalue weighted by Gasteiger charge is -2.04. The van der Waals surface area contributed by atoms with E-state index in [-0.39, 0.29) is 0 Å². The minimum atomic E-state index is 0.537. The number of pyridine rings is 1. The highest BCUT2D eigenvalue weighted by atomic mass is 16.5. The van der Waals surface area contributed by atoms with Gasteiger partial charge in [0.1, 0.15) is 0 Å². The summed E-state index contributed by atoms with van der Waals surface area (Å²) in [5.74, 6) is 1.17. The van der Waals surface area contributed by atoms with Gasteiger partial charge in [0.25, 0.3) is 0 Å². The van der Waals surface area contributed by atoms with Crippen LogP contribution < -0.4 is 15.8 Å². The molecule has 17 heavy (non-hydrogen) atoms. The van der Waals surface area contributed by atoms with Gasteiger partial charge in [-0.05, 0) is 18.9 Å². The zero-order valence-corrected chi connectivity index (χ0v) is 10.0. The van der Waals surface area contributed by atoms with Crippen LogP contribution >= 0.6 is 0 Å². The normalized spacial score (nSPS) is 15.7. The molecule has 0 saturated heterocycles. The van der Waals surface area contributed by atoms with E-state index >= 15 is 0 Å². The quantitative estimate of drug-likeness (QED) is 0.581. The highest BCUT2D eigenvalue weighted by Gasteiger charge is 2.21. The van der Waals surface area contributed by atoms with Gasteiger partial charge in [-0.15, -0.1) is 0 Å². The van der Waals surface area contributed by atoms with Crippen LogP contribution in [0.15, 0.2) is 23.2 Å². The summed E-state index contributed by atoms with van der Waals surface area (Å²) < 4.78 is 5.06. The smallest absolute Gasteiger partial charge is 0.213 e. The Balaban J connectivity index is 1.79. The Morgan fingerprint density at radius 2 is 2.41 bits per heavy atom. The van der Waals surface area contributed by atoms with Gasteiger partial charge in [-0.25, -0.2) is 4.98 Å². The van der Waals surface area contributed by atoms with Gasteiger partial charge >= 0.3 is 0 Å². The molecule has 1 aliphatic carbocycles. The first kappa shape index (κ1) is 11.7. The van der Waals surface area contributed by atoms with Crippen molar-refractivity contribution in [2.45, 2.75) is 25.3 Å². The summed E-state index contributed by atoms with van der Waals surface area (Å²) >= 11 is 0. The van der Waals surface area contributed by atoms with Crippen LogP contribution in [0, 0.1) is 0 Å². The predicted octanol–water partition coefficient (Wildman–Crippen LogP) is 0.699. The van der Waals surface area contributed by atoms with E-state index in [1.54, 1.807) is 7.11 Å². The molecule has 5 nitrogen and oxygen atoms in total. The zero-order chi connectivity index (χ0) is 12.1. The predicted molar refractivity (Wildman–Crippen MR) is 67.1 cm³/mol. The molecule has 0 unspecified atom stereocenters. The molecule has 0 bridgehead atoms. The van der Waals surface area contributed by atoms with Crippen molar-refractivity contribution in [3.05, 3.63) is 23.9 Å². The van der Waals surface area contributed by atoms with E-state index in [1.165, 1.54) is 12.8 Å². The first-order valence-electron chi connectivity index (χ1n) is 5.84. The molecule has 0 aliphatic heterocycles. The monoisotopic (exact) mass is 234 g/mol. The second-order valence-corrected chi connectivity index (χ2v) is 4.11. The van der Waals surface area contributed by atoms with Crippen LogP contribution in [0.3, 0.4) is 0 Å². The average Bonchev–Trinajstić information content (AvgIpc) is 3.13. The van der Waals surface area contributed by atoms with Gasteiger partial charge in [0.2, 0.25) is 5.88 Å². The van der Waals surface area contributed by atoms with E-state index in [4.69, 9.17) is 10.5 Å². The van der Waals surface area contributed by atoms with E-state index in [9.17, 15) is 0 Å². The second kappa shape index (κ2) is 5.52. The van der Waals surface area contributed by atoms with Crippen molar-refractivity contribution in [1.82, 2.24) is 10.3 Å². The van der Waals surface area contributed by atoms with Crippen LogP contribution in [-0.4, -0.2) is 30.6 Å². The van der Waals surface area contributed by atoms with E-state index in [2.05, 4.69) is 15.3 Å². The number of nitrogens with two attached hydrogens (primary N) is 1. The van der Waals surface area contributed by atoms with E-state index in [1.807, 2.05) is 18.2 Å². The molecule has 1 heterocycles. The van der Waals surface area contributed by atoms with Crippen molar-refractivity contribution in [1.29, 1.82) is 0 Å². The number of aliphatic imine (C=N–C) groups is 1. The maximum absolute atomic E-state index is 5.73. The Labute approximate surface area is 101 Å². The second-order valence-electron chi connectivity index (χ2n) is 4.11. The number of nitrogens with zero attached hydrogens (tertiary/aromatic N) is 2. The van der Waals surface area contributed by atoms with Gasteiger partial charge in [-0.3, -0.25) is 4.99 Å². The van der Waals surface area contributed by atoms with E-state index in [0.29, 0.717) is 24.4 Å². The Morgan fingerprint density at radius 1 is 1.59 bits per heavy atom. The average molecular weight is 234 g/mol. The fourth-order valence-corrected chi connectivity index (χ4v) is 1.48. The van der Waals surface area contributed by atoms with Gasteiger partial charge in [0.05, 0.1) is 7.11 Å². The number of nitrogens with one attached hydrogen (secondary N) is 1. The molecular weight excluding hydrogens is 216 g/mol. The molecule has 1 aromatic rings. The summed E-state index contributed by atoms with van der Waals surface area (Å²) in [6.45, 7) is 0.645. The minimum absolute atomic E-state index is 0.537. The number of rotatable bonds is 5. The number of hydrogen-bond acceptors (Lipinski definition) is 3. The summed E-state index contributed by atoms with van der Waals surface area (Å²) in [5, 5.41) is 3.15. The zero-order valence-electron chi connectivity index (χ0n) is 10.0. The maximum atomic E-state index is 5.73. The van der Waals surface area contributed by atoms with Gasteiger partial charge < -0.3 is 15.8 Å². The third-order valence-corrected chi connectivity index (χ3v) is 2.57. The molecule has 0 atom stereocenters. The molecule has 1 aromatic heterocycles. The van der Waals surface area contributed by atoms with E-state index in [0.717, 1.165) is 12.1 Å². The van der Waals surface area contributed by atoms with Crippen molar-refractivity contribution in [2.75, 3.05) is 13.7 Å². The molecule has 1 aliphatic rings. The lowest BCUT2D eigenvalue weighted by atomic mass is 10.3. The molecule has 5 heteroatoms. The van der Waals surface area contributed by atoms with Crippen molar-refractivity contribution in [3.8, 4) is 5.88 Å². The molecule has 0 aromatic carbocycles. The Bertz CT molecular complexity index is 401. The summed E-state index contributed by atoms with van der Waals surface area (Å²) in [5.41, 5.74) is 6.69. The highest BCUT2D eigenvalue weighted by molar-refractivity contribution is 5.78. The van der Waals surface area contributed by atoms with Gasteiger partial charge in [-0.1, -0.05) is 6.07 Å². The molecule has 2 rings (SSSR count). The topological polar surface area (TPSA) is 72.5 Å². The molecule has 0 amide bonds. The van der Waals surface area contributed by atoms with Crippen molar-refractivity contribution >= 4 is 5.96 Å². The van der Waals surface area contributed by atoms with Crippen LogP contribution in [0.4, 0.5) is 0 Å². The molecule has 1 fully saturated rings. The Kier molecular flexibility index (Phi) is 3.80. The fraction of sp³-hybridized carbons (Fsp3) is 0.500. The first-order chi connectivity index (χ1) is 8.28. The summed E-state index contributed by atoms with van der Waals surface area (Å²) in [4.78, 5) is 8.57. The van der Waals surface area contributed by atoms with Gasteiger partial charge in [0, 0.05) is 30.8 Å². The van der Waals surface area contributed by atoms with E-state index < -0.39 is 0 Å². The number of guanidine groups is 1. The fourth-order valence-electron chi connectivity index (χ4n) is 1.48. The molecule has 0 spiro atoms. The third-order valence-electron chi connectivity index (χ3n) is 2.57. The molecule has 92 valence electrons. The summed E-state index contributed by atoms with van der Waals surface area (Å²) in [7, 11) is 1.61. The summed E-state index contributed by atoms with van der Waals surface area (Å²) in [6.07, 6.45) is 3.17. The molecule has 0 radical (unpaired) electrons. The van der Waals surface area contributed by atoms with Crippen molar-refractivity contribution in [3.63, 3.8) is 0 Å². The van der Waals surface area contributed by atoms with Crippen LogP contribution in [0.2, 0.25) is 0 Å². The van der Waals surface area contributed by atoms with Crippen LogP contribution in [0.1, 0.15) is 18.5 Å². The highest BCUT2D eigenvalue weighted by Crippen LogP contribution is 2.17. The Morgan fingerprint density at radius 3 is 3.12 bits per heavy atom. The summed E-state index contributed by atoms with van der Waals surface area (Å²) in [6, 6.07) is 6.27. The van der Waals surface area contributed by atoms with Crippen LogP contribution in [-0.2, 0) is 6.42 Å². The SMILES string of the molecule is COc1cccc(CCN=C(N)NC2CC2)n1. The van der Waals surface area contributed by atoms with Gasteiger partial charge in [-0.2, -0.15) is 0 Å². The molecular formula is C12H18N4O. The number of aromatic nitrogens is 1. The van der Waals surface area contributed by atoms with Gasteiger partial charge in [0.15, 0.2) is 5.96 Å². The van der Waals surface area contributed by atoms with Crippen LogP contribution in [0.5, 0.6) is 5.88 Å². The lowest BCUT2D eigenvalue weighted by molar-refractivity contribution is 0.396. The minimum Gasteiger partial charge on any atom is -0.481 e. The lowest BCUT2D eigenvalue weighted by Crippen LogP contribution is -2.33. The third kappa shape index (κ3) is 3.94. The van der Waals surface area contributed by atoms with Crippen molar-refractivity contribution < 1.29 is 4.74 Å². The largest absolute Gasteiger partial charge is 0.481 e. The Hall–Kier alpha value is -1.78. The maximum Gasteiger partial charge on any atom is 0.213 e. The van der Waals surface area contributed by atoms with Crippen LogP contribution in [0.25, 0.3) is 0 Å². The molecule has 3 N–H and O–H groups in total. The first-order valence-corrected chi connectivity index (χ1v) is 5.84.